The summed E-state index contributed by atoms with van der Waals surface area (Å²) >= 11 is 0. The third-order valence-corrected chi connectivity index (χ3v) is 2.91. The van der Waals surface area contributed by atoms with Crippen LogP contribution in [0.5, 0.6) is 5.75 Å². The van der Waals surface area contributed by atoms with Gasteiger partial charge in [0.05, 0.1) is 24.5 Å². The van der Waals surface area contributed by atoms with Crippen LogP contribution in [-0.4, -0.2) is 16.6 Å². The Labute approximate surface area is 113 Å². The topological polar surface area (TPSA) is 47.0 Å². The Balaban J connectivity index is 2.11. The maximum Gasteiger partial charge on any atom is 0.119 e. The van der Waals surface area contributed by atoms with E-state index in [1.54, 1.807) is 18.6 Å². The van der Waals surface area contributed by atoms with E-state index in [-0.39, 0.29) is 6.04 Å². The van der Waals surface area contributed by atoms with Gasteiger partial charge in [0.25, 0.3) is 0 Å². The lowest BCUT2D eigenvalue weighted by Gasteiger charge is -2.17. The maximum absolute atomic E-state index is 5.48. The van der Waals surface area contributed by atoms with Gasteiger partial charge < -0.3 is 10.1 Å². The number of nitrogens with zero attached hydrogens (tertiary/aromatic N) is 2. The minimum Gasteiger partial charge on any atom is -0.494 e. The van der Waals surface area contributed by atoms with Crippen molar-refractivity contribution in [3.63, 3.8) is 0 Å². The smallest absolute Gasteiger partial charge is 0.119 e. The van der Waals surface area contributed by atoms with Gasteiger partial charge in [-0.25, -0.2) is 0 Å². The van der Waals surface area contributed by atoms with Crippen LogP contribution >= 0.6 is 0 Å². The van der Waals surface area contributed by atoms with Crippen molar-refractivity contribution in [3.8, 4) is 5.75 Å². The number of benzene rings is 1. The van der Waals surface area contributed by atoms with Crippen molar-refractivity contribution in [3.05, 3.63) is 48.0 Å². The van der Waals surface area contributed by atoms with Crippen LogP contribution in [0.3, 0.4) is 0 Å². The molecule has 2 aromatic rings. The molecule has 1 aromatic heterocycles. The molecule has 1 unspecified atom stereocenters. The zero-order valence-corrected chi connectivity index (χ0v) is 11.6. The zero-order valence-electron chi connectivity index (χ0n) is 11.6. The first-order chi connectivity index (χ1) is 9.20. The van der Waals surface area contributed by atoms with Crippen molar-refractivity contribution in [2.24, 2.45) is 0 Å². The SMILES string of the molecule is CCOc1ccc(NC(C)c2cnccn2)c(C)c1. The van der Waals surface area contributed by atoms with Gasteiger partial charge >= 0.3 is 0 Å². The minimum atomic E-state index is 0.116. The Hall–Kier alpha value is -2.10. The Morgan fingerprint density at radius 2 is 2.16 bits per heavy atom. The van der Waals surface area contributed by atoms with Gasteiger partial charge in [-0.05, 0) is 44.5 Å². The van der Waals surface area contributed by atoms with Crippen molar-refractivity contribution in [2.45, 2.75) is 26.8 Å². The molecular weight excluding hydrogens is 238 g/mol. The largest absolute Gasteiger partial charge is 0.494 e. The average molecular weight is 257 g/mol. The number of aromatic nitrogens is 2. The average Bonchev–Trinajstić information content (AvgIpc) is 2.43. The fourth-order valence-electron chi connectivity index (χ4n) is 1.90. The van der Waals surface area contributed by atoms with Crippen molar-refractivity contribution in [1.29, 1.82) is 0 Å². The minimum absolute atomic E-state index is 0.116. The van der Waals surface area contributed by atoms with Gasteiger partial charge in [-0.3, -0.25) is 9.97 Å². The van der Waals surface area contributed by atoms with E-state index in [1.165, 1.54) is 0 Å². The number of nitrogens with one attached hydrogen (secondary N) is 1. The fourth-order valence-corrected chi connectivity index (χ4v) is 1.90. The highest BCUT2D eigenvalue weighted by molar-refractivity contribution is 5.54. The molecule has 1 N–H and O–H groups in total. The van der Waals surface area contributed by atoms with E-state index < -0.39 is 0 Å². The highest BCUT2D eigenvalue weighted by Crippen LogP contribution is 2.24. The lowest BCUT2D eigenvalue weighted by molar-refractivity contribution is 0.340. The van der Waals surface area contributed by atoms with E-state index in [4.69, 9.17) is 4.74 Å². The summed E-state index contributed by atoms with van der Waals surface area (Å²) < 4.78 is 5.48. The van der Waals surface area contributed by atoms with Crippen LogP contribution in [-0.2, 0) is 0 Å². The highest BCUT2D eigenvalue weighted by atomic mass is 16.5. The second-order valence-corrected chi connectivity index (χ2v) is 4.41. The molecule has 19 heavy (non-hydrogen) atoms. The molecule has 4 nitrogen and oxygen atoms in total. The molecule has 0 saturated heterocycles. The van der Waals surface area contributed by atoms with E-state index in [0.29, 0.717) is 6.61 Å². The first-order valence-electron chi connectivity index (χ1n) is 6.46. The predicted molar refractivity (Wildman–Crippen MR) is 76.4 cm³/mol. The van der Waals surface area contributed by atoms with Gasteiger partial charge in [-0.2, -0.15) is 0 Å². The van der Waals surface area contributed by atoms with E-state index in [9.17, 15) is 0 Å². The molecule has 0 spiro atoms. The van der Waals surface area contributed by atoms with Gasteiger partial charge in [0.2, 0.25) is 0 Å². The van der Waals surface area contributed by atoms with Crippen LogP contribution in [0.2, 0.25) is 0 Å². The van der Waals surface area contributed by atoms with Crippen LogP contribution in [0.1, 0.15) is 31.1 Å². The van der Waals surface area contributed by atoms with Gasteiger partial charge in [-0.15, -0.1) is 0 Å². The van der Waals surface area contributed by atoms with Gasteiger partial charge in [0, 0.05) is 18.1 Å². The van der Waals surface area contributed by atoms with Gasteiger partial charge in [0.15, 0.2) is 0 Å². The summed E-state index contributed by atoms with van der Waals surface area (Å²) in [6.07, 6.45) is 5.17. The van der Waals surface area contributed by atoms with Crippen molar-refractivity contribution >= 4 is 5.69 Å². The molecule has 100 valence electrons. The van der Waals surface area contributed by atoms with E-state index in [0.717, 1.165) is 22.7 Å². The number of hydrogen-bond acceptors (Lipinski definition) is 4. The summed E-state index contributed by atoms with van der Waals surface area (Å²) in [5, 5.41) is 3.44. The molecule has 2 rings (SSSR count). The Kier molecular flexibility index (Phi) is 4.34. The fraction of sp³-hybridized carbons (Fsp3) is 0.333. The number of aryl methyl sites for hydroxylation is 1. The van der Waals surface area contributed by atoms with Crippen molar-refractivity contribution in [2.75, 3.05) is 11.9 Å². The van der Waals surface area contributed by atoms with E-state index in [2.05, 4.69) is 29.1 Å². The second-order valence-electron chi connectivity index (χ2n) is 4.41. The molecule has 1 atom stereocenters. The molecule has 0 aliphatic heterocycles. The number of ether oxygens (including phenoxy) is 1. The summed E-state index contributed by atoms with van der Waals surface area (Å²) in [5.74, 6) is 0.901. The molecular formula is C15H19N3O. The van der Waals surface area contributed by atoms with E-state index >= 15 is 0 Å². The quantitative estimate of drug-likeness (QED) is 0.892. The highest BCUT2D eigenvalue weighted by Gasteiger charge is 2.08. The molecule has 4 heteroatoms. The predicted octanol–water partition coefficient (Wildman–Crippen LogP) is 3.36. The Morgan fingerprint density at radius 3 is 2.79 bits per heavy atom. The summed E-state index contributed by atoms with van der Waals surface area (Å²) in [6, 6.07) is 6.16. The standard InChI is InChI=1S/C15H19N3O/c1-4-19-13-5-6-14(11(2)9-13)18-12(3)15-10-16-7-8-17-15/h5-10,12,18H,4H2,1-3H3. The van der Waals surface area contributed by atoms with Crippen LogP contribution < -0.4 is 10.1 Å². The lowest BCUT2D eigenvalue weighted by atomic mass is 10.1. The first kappa shape index (κ1) is 13.3. The molecule has 0 saturated carbocycles. The van der Waals surface area contributed by atoms with Gasteiger partial charge in [0.1, 0.15) is 5.75 Å². The first-order valence-corrected chi connectivity index (χ1v) is 6.46. The Morgan fingerprint density at radius 1 is 1.32 bits per heavy atom. The van der Waals surface area contributed by atoms with Crippen LogP contribution in [0.25, 0.3) is 0 Å². The maximum atomic E-state index is 5.48. The second kappa shape index (κ2) is 6.18. The third kappa shape index (κ3) is 3.44. The Bertz CT molecular complexity index is 528. The summed E-state index contributed by atoms with van der Waals surface area (Å²) in [6.45, 7) is 6.80. The third-order valence-electron chi connectivity index (χ3n) is 2.91. The zero-order chi connectivity index (χ0) is 13.7. The van der Waals surface area contributed by atoms with Crippen molar-refractivity contribution < 1.29 is 4.74 Å². The number of rotatable bonds is 5. The molecule has 0 aliphatic rings. The van der Waals surface area contributed by atoms with E-state index in [1.807, 2.05) is 25.1 Å². The van der Waals surface area contributed by atoms with Crippen LogP contribution in [0, 0.1) is 6.92 Å². The van der Waals surface area contributed by atoms with Gasteiger partial charge in [-0.1, -0.05) is 0 Å². The lowest BCUT2D eigenvalue weighted by Crippen LogP contribution is -2.09. The summed E-state index contributed by atoms with van der Waals surface area (Å²) in [4.78, 5) is 8.39. The van der Waals surface area contributed by atoms with Crippen LogP contribution in [0.4, 0.5) is 5.69 Å². The molecule has 1 aromatic carbocycles. The molecule has 0 fully saturated rings. The number of anilines is 1. The molecule has 0 amide bonds. The van der Waals surface area contributed by atoms with Crippen molar-refractivity contribution in [1.82, 2.24) is 9.97 Å². The molecule has 1 heterocycles. The van der Waals surface area contributed by atoms with Crippen LogP contribution in [0.15, 0.2) is 36.8 Å². The summed E-state index contributed by atoms with van der Waals surface area (Å²) in [5.41, 5.74) is 3.17. The molecule has 0 bridgehead atoms. The summed E-state index contributed by atoms with van der Waals surface area (Å²) in [7, 11) is 0. The molecule has 0 aliphatic carbocycles. The monoisotopic (exact) mass is 257 g/mol. The normalized spacial score (nSPS) is 11.9. The number of hydrogen-bond donors (Lipinski definition) is 1. The molecule has 0 radical (unpaired) electrons.